The number of hydrogen-bond donors (Lipinski definition) is 3. The van der Waals surface area contributed by atoms with E-state index in [1.165, 1.54) is 19.3 Å². The van der Waals surface area contributed by atoms with Gasteiger partial charge in [0.1, 0.15) is 0 Å². The Balaban J connectivity index is 1.81. The van der Waals surface area contributed by atoms with Crippen molar-refractivity contribution in [3.63, 3.8) is 0 Å². The summed E-state index contributed by atoms with van der Waals surface area (Å²) in [5.74, 6) is 0. The molecule has 5 heteroatoms. The third kappa shape index (κ3) is 5.15. The molecular weight excluding hydrogens is 268 g/mol. The first-order valence-electron chi connectivity index (χ1n) is 8.56. The Morgan fingerprint density at radius 3 is 2.52 bits per heavy atom. The molecule has 0 aromatic heterocycles. The second-order valence-electron chi connectivity index (χ2n) is 6.38. The lowest BCUT2D eigenvalue weighted by Crippen LogP contribution is -2.52. The van der Waals surface area contributed by atoms with E-state index in [0.29, 0.717) is 6.10 Å². The van der Waals surface area contributed by atoms with Crippen LogP contribution in [0.3, 0.4) is 0 Å². The minimum Gasteiger partial charge on any atom is -0.394 e. The van der Waals surface area contributed by atoms with Crippen LogP contribution in [0.4, 0.5) is 4.79 Å². The summed E-state index contributed by atoms with van der Waals surface area (Å²) in [4.78, 5) is 12.0. The molecule has 0 unspecified atom stereocenters. The summed E-state index contributed by atoms with van der Waals surface area (Å²) in [5.41, 5.74) is 0. The van der Waals surface area contributed by atoms with Crippen LogP contribution in [0.5, 0.6) is 0 Å². The number of aliphatic hydroxyl groups excluding tert-OH is 1. The molecule has 0 bridgehead atoms. The summed E-state index contributed by atoms with van der Waals surface area (Å²) in [5, 5.41) is 15.0. The SMILES string of the molecule is CC[C@@H](CO)NC(=O)N[C@H]1CCCC[C@H]1OC1CCCC1. The fourth-order valence-corrected chi connectivity index (χ4v) is 3.37. The number of carbonyl (C=O) groups excluding carboxylic acids is 1. The standard InChI is InChI=1S/C16H30N2O3/c1-2-12(11-19)17-16(20)18-14-9-5-6-10-15(14)21-13-7-3-4-8-13/h12-15,19H,2-11H2,1H3,(H2,17,18,20)/t12-,14-,15+/m0/s1. The Bertz CT molecular complexity index is 315. The highest BCUT2D eigenvalue weighted by Crippen LogP contribution is 2.28. The Kier molecular flexibility index (Phi) is 6.77. The zero-order valence-electron chi connectivity index (χ0n) is 13.1. The highest BCUT2D eigenvalue weighted by atomic mass is 16.5. The Morgan fingerprint density at radius 1 is 1.19 bits per heavy atom. The lowest BCUT2D eigenvalue weighted by Gasteiger charge is -2.34. The van der Waals surface area contributed by atoms with E-state index in [2.05, 4.69) is 10.6 Å². The van der Waals surface area contributed by atoms with E-state index in [4.69, 9.17) is 9.84 Å². The fraction of sp³-hybridized carbons (Fsp3) is 0.938. The van der Waals surface area contributed by atoms with Gasteiger partial charge in [-0.2, -0.15) is 0 Å². The molecule has 2 aliphatic carbocycles. The van der Waals surface area contributed by atoms with Crippen molar-refractivity contribution in [3.8, 4) is 0 Å². The van der Waals surface area contributed by atoms with Crippen LogP contribution < -0.4 is 10.6 Å². The van der Waals surface area contributed by atoms with Crippen molar-refractivity contribution in [1.29, 1.82) is 0 Å². The average molecular weight is 298 g/mol. The van der Waals surface area contributed by atoms with Gasteiger partial charge in [0.25, 0.3) is 0 Å². The van der Waals surface area contributed by atoms with Gasteiger partial charge in [0.15, 0.2) is 0 Å². The number of amides is 2. The van der Waals surface area contributed by atoms with E-state index in [1.807, 2.05) is 6.92 Å². The molecule has 2 fully saturated rings. The topological polar surface area (TPSA) is 70.6 Å². The largest absolute Gasteiger partial charge is 0.394 e. The molecule has 2 aliphatic rings. The number of urea groups is 1. The molecule has 5 nitrogen and oxygen atoms in total. The van der Waals surface area contributed by atoms with Gasteiger partial charge in [-0.05, 0) is 32.1 Å². The molecule has 0 aromatic rings. The molecule has 2 rings (SSSR count). The van der Waals surface area contributed by atoms with Gasteiger partial charge in [0.05, 0.1) is 30.9 Å². The zero-order chi connectivity index (χ0) is 15.1. The summed E-state index contributed by atoms with van der Waals surface area (Å²) in [6, 6.07) is -0.235. The van der Waals surface area contributed by atoms with Crippen molar-refractivity contribution >= 4 is 6.03 Å². The van der Waals surface area contributed by atoms with Gasteiger partial charge in [-0.15, -0.1) is 0 Å². The average Bonchev–Trinajstić information content (AvgIpc) is 3.00. The van der Waals surface area contributed by atoms with Crippen LogP contribution in [0.25, 0.3) is 0 Å². The number of hydrogen-bond acceptors (Lipinski definition) is 3. The molecule has 0 saturated heterocycles. The fourth-order valence-electron chi connectivity index (χ4n) is 3.37. The number of ether oxygens (including phenoxy) is 1. The van der Waals surface area contributed by atoms with Crippen LogP contribution in [0.15, 0.2) is 0 Å². The summed E-state index contributed by atoms with van der Waals surface area (Å²) >= 11 is 0. The molecule has 122 valence electrons. The van der Waals surface area contributed by atoms with E-state index < -0.39 is 0 Å². The predicted molar refractivity (Wildman–Crippen MR) is 82.2 cm³/mol. The minimum atomic E-state index is -0.178. The van der Waals surface area contributed by atoms with Crippen LogP contribution >= 0.6 is 0 Å². The molecular formula is C16H30N2O3. The maximum absolute atomic E-state index is 12.0. The minimum absolute atomic E-state index is 0.0173. The summed E-state index contributed by atoms with van der Waals surface area (Å²) in [6.07, 6.45) is 10.5. The molecule has 3 atom stereocenters. The van der Waals surface area contributed by atoms with Crippen LogP contribution in [0.1, 0.15) is 64.7 Å². The van der Waals surface area contributed by atoms with Gasteiger partial charge >= 0.3 is 6.03 Å². The highest BCUT2D eigenvalue weighted by molar-refractivity contribution is 5.74. The number of carbonyl (C=O) groups is 1. The first-order valence-corrected chi connectivity index (χ1v) is 8.56. The Hall–Kier alpha value is -0.810. The molecule has 0 aliphatic heterocycles. The molecule has 0 aromatic carbocycles. The summed E-state index contributed by atoms with van der Waals surface area (Å²) in [7, 11) is 0. The lowest BCUT2D eigenvalue weighted by molar-refractivity contribution is -0.0410. The monoisotopic (exact) mass is 298 g/mol. The van der Waals surface area contributed by atoms with Crippen molar-refractivity contribution < 1.29 is 14.6 Å². The molecule has 0 spiro atoms. The third-order valence-electron chi connectivity index (χ3n) is 4.74. The maximum atomic E-state index is 12.0. The number of rotatable bonds is 6. The van der Waals surface area contributed by atoms with Crippen molar-refractivity contribution in [2.45, 2.75) is 89.0 Å². The Labute approximate surface area is 127 Å². The molecule has 0 radical (unpaired) electrons. The second-order valence-corrected chi connectivity index (χ2v) is 6.38. The van der Waals surface area contributed by atoms with E-state index in [0.717, 1.165) is 38.5 Å². The molecule has 21 heavy (non-hydrogen) atoms. The third-order valence-corrected chi connectivity index (χ3v) is 4.74. The van der Waals surface area contributed by atoms with Gasteiger partial charge < -0.3 is 20.5 Å². The van der Waals surface area contributed by atoms with E-state index >= 15 is 0 Å². The van der Waals surface area contributed by atoms with Gasteiger partial charge in [-0.1, -0.05) is 32.6 Å². The highest BCUT2D eigenvalue weighted by Gasteiger charge is 2.30. The summed E-state index contributed by atoms with van der Waals surface area (Å²) < 4.78 is 6.23. The zero-order valence-corrected chi connectivity index (χ0v) is 13.1. The van der Waals surface area contributed by atoms with Crippen molar-refractivity contribution in [2.24, 2.45) is 0 Å². The number of nitrogens with one attached hydrogen (secondary N) is 2. The van der Waals surface area contributed by atoms with Crippen LogP contribution in [0.2, 0.25) is 0 Å². The smallest absolute Gasteiger partial charge is 0.315 e. The van der Waals surface area contributed by atoms with Crippen molar-refractivity contribution in [2.75, 3.05) is 6.61 Å². The maximum Gasteiger partial charge on any atom is 0.315 e. The second kappa shape index (κ2) is 8.59. The molecule has 0 heterocycles. The summed E-state index contributed by atoms with van der Waals surface area (Å²) in [6.45, 7) is 1.93. The predicted octanol–water partition coefficient (Wildman–Crippen LogP) is 2.33. The number of aliphatic hydroxyl groups is 1. The van der Waals surface area contributed by atoms with E-state index in [-0.39, 0.29) is 30.8 Å². The van der Waals surface area contributed by atoms with Gasteiger partial charge in [-0.25, -0.2) is 4.79 Å². The van der Waals surface area contributed by atoms with Crippen LogP contribution in [0, 0.1) is 0 Å². The molecule has 2 amide bonds. The Morgan fingerprint density at radius 2 is 1.86 bits per heavy atom. The van der Waals surface area contributed by atoms with Crippen molar-refractivity contribution in [1.82, 2.24) is 10.6 Å². The quantitative estimate of drug-likeness (QED) is 0.705. The van der Waals surface area contributed by atoms with Crippen LogP contribution in [-0.2, 0) is 4.74 Å². The normalized spacial score (nSPS) is 28.3. The van der Waals surface area contributed by atoms with E-state index in [9.17, 15) is 4.79 Å². The van der Waals surface area contributed by atoms with Gasteiger partial charge in [0.2, 0.25) is 0 Å². The molecule has 2 saturated carbocycles. The van der Waals surface area contributed by atoms with Gasteiger partial charge in [0, 0.05) is 0 Å². The first kappa shape index (κ1) is 16.6. The first-order chi connectivity index (χ1) is 10.2. The van der Waals surface area contributed by atoms with Crippen LogP contribution in [-0.4, -0.2) is 42.0 Å². The molecule has 3 N–H and O–H groups in total. The van der Waals surface area contributed by atoms with Gasteiger partial charge in [-0.3, -0.25) is 0 Å². The lowest BCUT2D eigenvalue weighted by atomic mass is 9.92. The van der Waals surface area contributed by atoms with Crippen molar-refractivity contribution in [3.05, 3.63) is 0 Å². The van der Waals surface area contributed by atoms with E-state index in [1.54, 1.807) is 0 Å².